The van der Waals surface area contributed by atoms with Crippen LogP contribution in [-0.4, -0.2) is 103 Å². The number of H-pyrrole nitrogens is 2. The van der Waals surface area contributed by atoms with Crippen molar-refractivity contribution in [3.05, 3.63) is 65.9 Å². The van der Waals surface area contributed by atoms with Gasteiger partial charge in [-0.3, -0.25) is 9.59 Å². The second-order valence-electron chi connectivity index (χ2n) is 16.6. The second kappa shape index (κ2) is 16.1. The fraction of sp³-hybridized carbons (Fsp3) is 0.455. The predicted molar refractivity (Wildman–Crippen MR) is 223 cm³/mol. The molecule has 5 N–H and O–H groups in total. The van der Waals surface area contributed by atoms with Crippen molar-refractivity contribution in [2.45, 2.75) is 109 Å². The molecule has 7 atom stereocenters. The lowest BCUT2D eigenvalue weighted by Crippen LogP contribution is -2.55. The molecule has 5 heterocycles. The van der Waals surface area contributed by atoms with E-state index in [1.54, 1.807) is 22.9 Å². The Bertz CT molecular complexity index is 2480. The molecule has 3 aliphatic rings. The van der Waals surface area contributed by atoms with Gasteiger partial charge in [-0.25, -0.2) is 19.6 Å². The quantitative estimate of drug-likeness (QED) is 0.0995. The lowest BCUT2D eigenvalue weighted by molar-refractivity contribution is -0.139. The molecule has 2 aromatic heterocycles. The standard InChI is InChI=1S/C44H52N8O8/c1-21(2)36(49-43(55)56)41(53)51-22(3)8-14-33(51)39-45-19-32(47-39)26-10-12-28-27(16-26)20-60-35-18-29-25(17-30(28)35)11-13-31-38(29)48-40(46-31)34-15-9-23(4)52(34)42(54)37(24(5)58-6)50-44(57)59-7/h10-13,16-19,21-24,33-34,36-37,49H,8-9,14-15,20H2,1-7H3,(H,45,47)(H,46,48)(H,50,57)(H,55,56)/t22-,23-,24?,33-,34-,36-,37-/m0/s1. The van der Waals surface area contributed by atoms with Crippen LogP contribution in [0.5, 0.6) is 5.75 Å². The molecule has 316 valence electrons. The molecular weight excluding hydrogens is 769 g/mol. The number of hydrogen-bond donors (Lipinski definition) is 5. The summed E-state index contributed by atoms with van der Waals surface area (Å²) in [5.74, 6) is 1.37. The van der Waals surface area contributed by atoms with E-state index in [1.807, 2.05) is 39.8 Å². The Balaban J connectivity index is 1.05. The average molecular weight is 821 g/mol. The number of rotatable bonds is 10. The van der Waals surface area contributed by atoms with Gasteiger partial charge in [0, 0.05) is 30.1 Å². The number of benzene rings is 3. The summed E-state index contributed by atoms with van der Waals surface area (Å²) in [5, 5.41) is 16.4. The molecule has 8 rings (SSSR count). The van der Waals surface area contributed by atoms with Crippen molar-refractivity contribution in [3.8, 4) is 28.1 Å². The highest BCUT2D eigenvalue weighted by Gasteiger charge is 2.43. The van der Waals surface area contributed by atoms with Gasteiger partial charge in [0.05, 0.1) is 48.2 Å². The number of fused-ring (bicyclic) bond motifs is 6. The smallest absolute Gasteiger partial charge is 0.407 e. The number of nitrogens with one attached hydrogen (secondary N) is 4. The summed E-state index contributed by atoms with van der Waals surface area (Å²) in [7, 11) is 2.76. The Morgan fingerprint density at radius 3 is 2.22 bits per heavy atom. The molecule has 3 aliphatic heterocycles. The number of aromatic nitrogens is 4. The van der Waals surface area contributed by atoms with Gasteiger partial charge in [-0.05, 0) is 98.7 Å². The summed E-state index contributed by atoms with van der Waals surface area (Å²) in [6, 6.07) is 11.9. The van der Waals surface area contributed by atoms with Crippen LogP contribution in [-0.2, 0) is 25.7 Å². The first-order valence-electron chi connectivity index (χ1n) is 20.6. The van der Waals surface area contributed by atoms with E-state index < -0.39 is 30.4 Å². The van der Waals surface area contributed by atoms with Gasteiger partial charge < -0.3 is 49.7 Å². The maximum Gasteiger partial charge on any atom is 0.407 e. The van der Waals surface area contributed by atoms with Crippen LogP contribution in [0.2, 0.25) is 0 Å². The van der Waals surface area contributed by atoms with Gasteiger partial charge in [-0.1, -0.05) is 32.0 Å². The lowest BCUT2D eigenvalue weighted by atomic mass is 9.92. The Morgan fingerprint density at radius 2 is 1.55 bits per heavy atom. The molecule has 2 fully saturated rings. The van der Waals surface area contributed by atoms with Crippen LogP contribution in [0.4, 0.5) is 9.59 Å². The molecule has 1 unspecified atom stereocenters. The van der Waals surface area contributed by atoms with E-state index in [9.17, 15) is 24.3 Å². The van der Waals surface area contributed by atoms with Crippen molar-refractivity contribution in [3.63, 3.8) is 0 Å². The maximum absolute atomic E-state index is 14.0. The van der Waals surface area contributed by atoms with E-state index in [0.29, 0.717) is 24.7 Å². The summed E-state index contributed by atoms with van der Waals surface area (Å²) in [5.41, 5.74) is 6.42. The Labute approximate surface area is 347 Å². The van der Waals surface area contributed by atoms with E-state index >= 15 is 0 Å². The number of likely N-dealkylation sites (tertiary alicyclic amines) is 2. The van der Waals surface area contributed by atoms with Crippen molar-refractivity contribution in [2.24, 2.45) is 5.92 Å². The van der Waals surface area contributed by atoms with Crippen LogP contribution in [0.1, 0.15) is 89.6 Å². The first-order valence-corrected chi connectivity index (χ1v) is 20.6. The molecule has 5 aromatic rings. The highest BCUT2D eigenvalue weighted by Crippen LogP contribution is 2.44. The number of hydrogen-bond acceptors (Lipinski definition) is 9. The molecule has 0 saturated carbocycles. The number of alkyl carbamates (subject to hydrolysis) is 1. The highest BCUT2D eigenvalue weighted by atomic mass is 16.5. The van der Waals surface area contributed by atoms with E-state index in [2.05, 4.69) is 50.9 Å². The Morgan fingerprint density at radius 1 is 0.850 bits per heavy atom. The van der Waals surface area contributed by atoms with E-state index in [-0.39, 0.29) is 41.9 Å². The Hall–Kier alpha value is -6.16. The third-order valence-corrected chi connectivity index (χ3v) is 12.5. The fourth-order valence-corrected chi connectivity index (χ4v) is 9.21. The minimum atomic E-state index is -1.22. The third kappa shape index (κ3) is 7.26. The topological polar surface area (TPSA) is 204 Å². The van der Waals surface area contributed by atoms with Crippen LogP contribution in [0, 0.1) is 5.92 Å². The number of nitrogens with zero attached hydrogens (tertiary/aromatic N) is 4. The van der Waals surface area contributed by atoms with Crippen molar-refractivity contribution in [2.75, 3.05) is 14.2 Å². The minimum Gasteiger partial charge on any atom is -0.488 e. The van der Waals surface area contributed by atoms with E-state index in [0.717, 1.165) is 74.8 Å². The number of methoxy groups -OCH3 is 2. The predicted octanol–water partition coefficient (Wildman–Crippen LogP) is 6.82. The number of ether oxygens (including phenoxy) is 3. The van der Waals surface area contributed by atoms with Crippen LogP contribution in [0.25, 0.3) is 44.2 Å². The molecule has 16 nitrogen and oxygen atoms in total. The number of aromatic amines is 2. The van der Waals surface area contributed by atoms with Gasteiger partial charge in [-0.15, -0.1) is 0 Å². The maximum atomic E-state index is 14.0. The van der Waals surface area contributed by atoms with Crippen LogP contribution < -0.4 is 15.4 Å². The monoisotopic (exact) mass is 820 g/mol. The van der Waals surface area contributed by atoms with Crippen molar-refractivity contribution >= 4 is 45.8 Å². The van der Waals surface area contributed by atoms with Crippen molar-refractivity contribution < 1.29 is 38.5 Å². The molecule has 4 amide bonds. The van der Waals surface area contributed by atoms with Crippen LogP contribution in [0.15, 0.2) is 48.7 Å². The van der Waals surface area contributed by atoms with Gasteiger partial charge in [0.25, 0.3) is 0 Å². The molecule has 0 aliphatic carbocycles. The van der Waals surface area contributed by atoms with Crippen LogP contribution >= 0.6 is 0 Å². The largest absolute Gasteiger partial charge is 0.488 e. The average Bonchev–Trinajstić information content (AvgIpc) is 4.06. The first kappa shape index (κ1) is 40.6. The summed E-state index contributed by atoms with van der Waals surface area (Å²) in [6.45, 7) is 9.76. The SMILES string of the molecule is COC(=O)N[C@H](C(=O)N1[C@@H](C)CC[C@H]1c1nc2ccc3cc4c(cc3c2[nH]1)OCc1cc(-c2cnc([C@@H]3CC[C@H](C)N3C(=O)[C@@H](NC(=O)O)C(C)C)[nH]2)ccc1-4)C(C)OC. The minimum absolute atomic E-state index is 0.0602. The van der Waals surface area contributed by atoms with Crippen molar-refractivity contribution in [1.29, 1.82) is 0 Å². The number of imidazole rings is 2. The van der Waals surface area contributed by atoms with Gasteiger partial charge in [0.1, 0.15) is 36.1 Å². The first-order chi connectivity index (χ1) is 28.8. The zero-order valence-corrected chi connectivity index (χ0v) is 34.9. The molecular formula is C44H52N8O8. The lowest BCUT2D eigenvalue weighted by Gasteiger charge is -2.33. The molecule has 0 spiro atoms. The molecule has 2 saturated heterocycles. The van der Waals surface area contributed by atoms with Gasteiger partial charge in [-0.2, -0.15) is 0 Å². The molecule has 3 aromatic carbocycles. The molecule has 0 bridgehead atoms. The van der Waals surface area contributed by atoms with Gasteiger partial charge in [0.15, 0.2) is 0 Å². The number of carboxylic acid groups (broad SMARTS) is 1. The summed E-state index contributed by atoms with van der Waals surface area (Å²) in [4.78, 5) is 71.7. The molecule has 60 heavy (non-hydrogen) atoms. The zero-order chi connectivity index (χ0) is 42.6. The third-order valence-electron chi connectivity index (χ3n) is 12.5. The normalized spacial score (nSPS) is 21.3. The fourth-order valence-electron chi connectivity index (χ4n) is 9.21. The van der Waals surface area contributed by atoms with Gasteiger partial charge in [0.2, 0.25) is 11.8 Å². The number of amides is 4. The number of carbonyl (C=O) groups excluding carboxylic acids is 3. The van der Waals surface area contributed by atoms with Gasteiger partial charge >= 0.3 is 12.2 Å². The van der Waals surface area contributed by atoms with E-state index in [4.69, 9.17) is 24.2 Å². The number of carbonyl (C=O) groups is 4. The van der Waals surface area contributed by atoms with Crippen LogP contribution in [0.3, 0.4) is 0 Å². The summed E-state index contributed by atoms with van der Waals surface area (Å²) < 4.78 is 16.7. The second-order valence-corrected chi connectivity index (χ2v) is 16.6. The van der Waals surface area contributed by atoms with E-state index in [1.165, 1.54) is 14.2 Å². The molecule has 16 heteroatoms. The molecule has 0 radical (unpaired) electrons. The summed E-state index contributed by atoms with van der Waals surface area (Å²) >= 11 is 0. The zero-order valence-electron chi connectivity index (χ0n) is 34.9. The van der Waals surface area contributed by atoms with Crippen molar-refractivity contribution in [1.82, 2.24) is 40.4 Å². The summed E-state index contributed by atoms with van der Waals surface area (Å²) in [6.07, 6.45) is 2.25. The Kier molecular flexibility index (Phi) is 10.9. The highest BCUT2D eigenvalue weighted by molar-refractivity contribution is 6.07.